The first-order valence-corrected chi connectivity index (χ1v) is 11.5. The molecule has 5 aromatic rings. The Kier molecular flexibility index (Phi) is 5.78. The van der Waals surface area contributed by atoms with Crippen molar-refractivity contribution in [3.8, 4) is 11.5 Å². The minimum Gasteiger partial charge on any atom is -0.496 e. The van der Waals surface area contributed by atoms with Gasteiger partial charge in [0.25, 0.3) is 0 Å². The Morgan fingerprint density at radius 3 is 2.18 bits per heavy atom. The van der Waals surface area contributed by atoms with Crippen molar-refractivity contribution in [2.24, 2.45) is 0 Å². The Bertz CT molecular complexity index is 1450. The van der Waals surface area contributed by atoms with Crippen molar-refractivity contribution < 1.29 is 9.47 Å². The Morgan fingerprint density at radius 2 is 1.33 bits per heavy atom. The molecule has 1 aliphatic rings. The van der Waals surface area contributed by atoms with Gasteiger partial charge in [0.1, 0.15) is 11.5 Å². The van der Waals surface area contributed by atoms with Gasteiger partial charge in [-0.05, 0) is 76.6 Å². The number of rotatable bonds is 2. The second kappa shape index (κ2) is 9.03. The number of hydrogen-bond acceptors (Lipinski definition) is 3. The molecule has 0 saturated carbocycles. The fourth-order valence-corrected chi connectivity index (χ4v) is 5.07. The highest BCUT2D eigenvalue weighted by molar-refractivity contribution is 6.08. The van der Waals surface area contributed by atoms with Gasteiger partial charge in [-0.3, -0.25) is 0 Å². The van der Waals surface area contributed by atoms with Crippen LogP contribution >= 0.6 is 0 Å². The molecule has 5 aromatic carbocycles. The first-order chi connectivity index (χ1) is 16.2. The van der Waals surface area contributed by atoms with Crippen molar-refractivity contribution in [3.63, 3.8) is 0 Å². The summed E-state index contributed by atoms with van der Waals surface area (Å²) in [6, 6.07) is 27.4. The van der Waals surface area contributed by atoms with Crippen LogP contribution < -0.4 is 15.2 Å². The SMILES string of the molecule is COc1ccc(OC)c2c(N)cccc12.c1ccc2c(c1)ccc1c3c(ccc12)CCCC3. The molecule has 0 atom stereocenters. The third-order valence-corrected chi connectivity index (χ3v) is 6.69. The van der Waals surface area contributed by atoms with Gasteiger partial charge < -0.3 is 15.2 Å². The van der Waals surface area contributed by atoms with Crippen molar-refractivity contribution in [1.29, 1.82) is 0 Å². The normalized spacial score (nSPS) is 12.8. The summed E-state index contributed by atoms with van der Waals surface area (Å²) in [6.07, 6.45) is 5.22. The van der Waals surface area contributed by atoms with Gasteiger partial charge >= 0.3 is 0 Å². The number of ether oxygens (including phenoxy) is 2. The van der Waals surface area contributed by atoms with Crippen LogP contribution in [0.3, 0.4) is 0 Å². The Balaban J connectivity index is 0.000000141. The highest BCUT2D eigenvalue weighted by Gasteiger charge is 2.13. The van der Waals surface area contributed by atoms with Gasteiger partial charge in [-0.1, -0.05) is 60.7 Å². The molecule has 0 fully saturated rings. The molecule has 0 aromatic heterocycles. The largest absolute Gasteiger partial charge is 0.496 e. The zero-order valence-electron chi connectivity index (χ0n) is 19.2. The van der Waals surface area contributed by atoms with Crippen LogP contribution in [0, 0.1) is 0 Å². The quantitative estimate of drug-likeness (QED) is 0.233. The second-order valence-corrected chi connectivity index (χ2v) is 8.53. The van der Waals surface area contributed by atoms with E-state index >= 15 is 0 Å². The number of fused-ring (bicyclic) bond motifs is 6. The molecule has 166 valence electrons. The van der Waals surface area contributed by atoms with Crippen LogP contribution in [0.25, 0.3) is 32.3 Å². The van der Waals surface area contributed by atoms with E-state index in [4.69, 9.17) is 15.2 Å². The predicted octanol–water partition coefficient (Wildman–Crippen LogP) is 7.31. The molecule has 1 aliphatic carbocycles. The lowest BCUT2D eigenvalue weighted by Gasteiger charge is -2.18. The Hall–Kier alpha value is -3.72. The van der Waals surface area contributed by atoms with Crippen LogP contribution in [0.4, 0.5) is 5.69 Å². The number of anilines is 1. The average molecular weight is 436 g/mol. The Labute approximate surface area is 194 Å². The lowest BCUT2D eigenvalue weighted by atomic mass is 9.86. The lowest BCUT2D eigenvalue weighted by molar-refractivity contribution is 0.410. The van der Waals surface area contributed by atoms with Crippen LogP contribution in [0.1, 0.15) is 24.0 Å². The van der Waals surface area contributed by atoms with Crippen molar-refractivity contribution in [3.05, 3.63) is 90.0 Å². The van der Waals surface area contributed by atoms with Crippen LogP contribution in [0.2, 0.25) is 0 Å². The van der Waals surface area contributed by atoms with E-state index in [2.05, 4.69) is 48.5 Å². The molecule has 0 saturated heterocycles. The van der Waals surface area contributed by atoms with E-state index < -0.39 is 0 Å². The molecule has 33 heavy (non-hydrogen) atoms. The summed E-state index contributed by atoms with van der Waals surface area (Å²) < 4.78 is 10.5. The van der Waals surface area contributed by atoms with E-state index in [1.54, 1.807) is 25.3 Å². The number of hydrogen-bond donors (Lipinski definition) is 1. The molecule has 0 amide bonds. The average Bonchev–Trinajstić information content (AvgIpc) is 2.88. The van der Waals surface area contributed by atoms with Gasteiger partial charge in [-0.25, -0.2) is 0 Å². The van der Waals surface area contributed by atoms with E-state index in [0.29, 0.717) is 5.69 Å². The second-order valence-electron chi connectivity index (χ2n) is 8.53. The maximum atomic E-state index is 5.92. The number of methoxy groups -OCH3 is 2. The highest BCUT2D eigenvalue weighted by Crippen LogP contribution is 2.36. The van der Waals surface area contributed by atoms with Crippen LogP contribution in [-0.2, 0) is 12.8 Å². The van der Waals surface area contributed by atoms with Gasteiger partial charge in [0, 0.05) is 11.1 Å². The molecule has 6 rings (SSSR count). The molecule has 3 nitrogen and oxygen atoms in total. The van der Waals surface area contributed by atoms with Crippen molar-refractivity contribution in [2.45, 2.75) is 25.7 Å². The maximum Gasteiger partial charge on any atom is 0.129 e. The topological polar surface area (TPSA) is 44.5 Å². The molecule has 0 radical (unpaired) electrons. The van der Waals surface area contributed by atoms with Gasteiger partial charge in [-0.2, -0.15) is 0 Å². The minimum atomic E-state index is 0.697. The first-order valence-electron chi connectivity index (χ1n) is 11.5. The summed E-state index contributed by atoms with van der Waals surface area (Å²) in [5.41, 5.74) is 9.79. The van der Waals surface area contributed by atoms with Crippen LogP contribution in [0.15, 0.2) is 78.9 Å². The maximum absolute atomic E-state index is 5.92. The monoisotopic (exact) mass is 435 g/mol. The summed E-state index contributed by atoms with van der Waals surface area (Å²) in [4.78, 5) is 0. The number of aryl methyl sites for hydroxylation is 2. The molecule has 0 heterocycles. The zero-order valence-corrected chi connectivity index (χ0v) is 19.2. The third kappa shape index (κ3) is 3.84. The highest BCUT2D eigenvalue weighted by atomic mass is 16.5. The molecule has 2 N–H and O–H groups in total. The first kappa shape index (κ1) is 21.1. The van der Waals surface area contributed by atoms with Gasteiger partial charge in [0.2, 0.25) is 0 Å². The van der Waals surface area contributed by atoms with Crippen LogP contribution in [0.5, 0.6) is 11.5 Å². The third-order valence-electron chi connectivity index (χ3n) is 6.69. The van der Waals surface area contributed by atoms with E-state index in [1.807, 2.05) is 30.3 Å². The fraction of sp³-hybridized carbons (Fsp3) is 0.200. The lowest BCUT2D eigenvalue weighted by Crippen LogP contribution is -2.02. The predicted molar refractivity (Wildman–Crippen MR) is 140 cm³/mol. The van der Waals surface area contributed by atoms with E-state index in [-0.39, 0.29) is 0 Å². The smallest absolute Gasteiger partial charge is 0.129 e. The molecule has 3 heteroatoms. The molecular formula is C30H29NO2. The molecule has 0 aliphatic heterocycles. The van der Waals surface area contributed by atoms with Crippen molar-refractivity contribution in [1.82, 2.24) is 0 Å². The summed E-state index contributed by atoms with van der Waals surface area (Å²) in [5, 5.41) is 7.51. The van der Waals surface area contributed by atoms with Gasteiger partial charge in [-0.15, -0.1) is 0 Å². The molecular weight excluding hydrogens is 406 g/mol. The zero-order chi connectivity index (χ0) is 22.8. The van der Waals surface area contributed by atoms with Crippen molar-refractivity contribution >= 4 is 38.0 Å². The number of nitrogen functional groups attached to an aromatic ring is 1. The minimum absolute atomic E-state index is 0.697. The molecule has 0 unspecified atom stereocenters. The summed E-state index contributed by atoms with van der Waals surface area (Å²) in [6.45, 7) is 0. The number of nitrogens with two attached hydrogens (primary N) is 1. The number of benzene rings is 5. The molecule has 0 spiro atoms. The standard InChI is InChI=1S/C18H16.C12H13NO2/c1-3-7-15-13(5-1)9-11-18-16-8-4-2-6-14(16)10-12-17(15)18;1-14-10-6-7-11(15-2)12-8(10)4-3-5-9(12)13/h1,3,5,7,9-12H,2,4,6,8H2;3-7H,13H2,1-2H3. The summed E-state index contributed by atoms with van der Waals surface area (Å²) in [7, 11) is 3.28. The van der Waals surface area contributed by atoms with Gasteiger partial charge in [0.15, 0.2) is 0 Å². The fourth-order valence-electron chi connectivity index (χ4n) is 5.07. The Morgan fingerprint density at radius 1 is 0.606 bits per heavy atom. The van der Waals surface area contributed by atoms with E-state index in [9.17, 15) is 0 Å². The summed E-state index contributed by atoms with van der Waals surface area (Å²) >= 11 is 0. The van der Waals surface area contributed by atoms with E-state index in [0.717, 1.165) is 22.3 Å². The van der Waals surface area contributed by atoms with Crippen LogP contribution in [-0.4, -0.2) is 14.2 Å². The summed E-state index contributed by atoms with van der Waals surface area (Å²) in [5.74, 6) is 1.57. The van der Waals surface area contributed by atoms with Crippen molar-refractivity contribution in [2.75, 3.05) is 20.0 Å². The molecule has 0 bridgehead atoms. The van der Waals surface area contributed by atoms with E-state index in [1.165, 1.54) is 47.2 Å². The van der Waals surface area contributed by atoms with Gasteiger partial charge in [0.05, 0.1) is 19.6 Å².